The zero-order valence-electron chi connectivity index (χ0n) is 18.1. The van der Waals surface area contributed by atoms with Gasteiger partial charge in [0, 0.05) is 28.5 Å². The lowest BCUT2D eigenvalue weighted by atomic mass is 10.1. The van der Waals surface area contributed by atoms with Gasteiger partial charge in [0.2, 0.25) is 5.95 Å². The van der Waals surface area contributed by atoms with Crippen molar-refractivity contribution in [1.29, 1.82) is 0 Å². The van der Waals surface area contributed by atoms with Crippen molar-refractivity contribution in [3.8, 4) is 16.9 Å². The Morgan fingerprint density at radius 3 is 2.48 bits per heavy atom. The summed E-state index contributed by atoms with van der Waals surface area (Å²) < 4.78 is 7.24. The molecule has 162 valence electrons. The van der Waals surface area contributed by atoms with Gasteiger partial charge in [-0.05, 0) is 44.2 Å². The minimum atomic E-state index is -0.465. The molecule has 5 aromatic rings. The minimum absolute atomic E-state index is 0.354. The molecule has 0 radical (unpaired) electrons. The molecular formula is C25H20N6O2. The second-order valence-electron chi connectivity index (χ2n) is 7.54. The molecule has 0 aliphatic carbocycles. The molecule has 33 heavy (non-hydrogen) atoms. The summed E-state index contributed by atoms with van der Waals surface area (Å²) in [6, 6.07) is 20.7. The predicted octanol–water partition coefficient (Wildman–Crippen LogP) is 4.50. The summed E-state index contributed by atoms with van der Waals surface area (Å²) in [4.78, 5) is 21.5. The summed E-state index contributed by atoms with van der Waals surface area (Å²) in [5.74, 6) is 0.394. The molecule has 8 heteroatoms. The zero-order chi connectivity index (χ0) is 22.8. The third-order valence-electron chi connectivity index (χ3n) is 5.01. The van der Waals surface area contributed by atoms with Crippen molar-refractivity contribution in [2.24, 2.45) is 5.10 Å². The normalized spacial score (nSPS) is 11.3. The third kappa shape index (κ3) is 4.27. The standard InChI is InChI=1S/C25H20N6O2/c1-16-12-17(2)28-25(27-16)29-26-14-19-15-31(20-9-4-3-5-10-20)30-23(19)21-13-18-8-6-7-11-22(18)33-24(21)32/h3-15H,1-2H3,(H,27,28,29)/b26-14-. The molecule has 0 bridgehead atoms. The maximum Gasteiger partial charge on any atom is 0.345 e. The Balaban J connectivity index is 1.59. The fraction of sp³-hybridized carbons (Fsp3) is 0.0800. The van der Waals surface area contributed by atoms with E-state index in [4.69, 9.17) is 4.42 Å². The molecule has 0 amide bonds. The monoisotopic (exact) mass is 436 g/mol. The Morgan fingerprint density at radius 2 is 1.70 bits per heavy atom. The van der Waals surface area contributed by atoms with E-state index in [0.717, 1.165) is 22.5 Å². The highest BCUT2D eigenvalue weighted by atomic mass is 16.4. The molecule has 0 spiro atoms. The van der Waals surface area contributed by atoms with Crippen molar-refractivity contribution >= 4 is 23.1 Å². The number of nitrogens with one attached hydrogen (secondary N) is 1. The maximum absolute atomic E-state index is 12.8. The van der Waals surface area contributed by atoms with Crippen LogP contribution in [0.15, 0.2) is 87.2 Å². The number of hydrogen-bond donors (Lipinski definition) is 1. The number of aryl methyl sites for hydroxylation is 2. The number of para-hydroxylation sites is 2. The molecule has 0 aliphatic rings. The Bertz CT molecular complexity index is 1520. The van der Waals surface area contributed by atoms with E-state index in [0.29, 0.717) is 28.4 Å². The highest BCUT2D eigenvalue weighted by Crippen LogP contribution is 2.23. The Labute approximate surface area is 189 Å². The van der Waals surface area contributed by atoms with Gasteiger partial charge in [-0.15, -0.1) is 0 Å². The topological polar surface area (TPSA) is 98.2 Å². The quantitative estimate of drug-likeness (QED) is 0.247. The largest absolute Gasteiger partial charge is 0.422 e. The lowest BCUT2D eigenvalue weighted by molar-refractivity contribution is 0.563. The van der Waals surface area contributed by atoms with E-state index >= 15 is 0 Å². The van der Waals surface area contributed by atoms with Crippen LogP contribution in [0.3, 0.4) is 0 Å². The molecule has 0 saturated carbocycles. The summed E-state index contributed by atoms with van der Waals surface area (Å²) in [6.45, 7) is 3.79. The van der Waals surface area contributed by atoms with E-state index in [1.807, 2.05) is 74.6 Å². The SMILES string of the molecule is Cc1cc(C)nc(N/N=C\c2cn(-c3ccccc3)nc2-c2cc3ccccc3oc2=O)n1. The predicted molar refractivity (Wildman–Crippen MR) is 128 cm³/mol. The fourth-order valence-corrected chi connectivity index (χ4v) is 3.57. The molecule has 0 saturated heterocycles. The van der Waals surface area contributed by atoms with Crippen LogP contribution in [0.2, 0.25) is 0 Å². The van der Waals surface area contributed by atoms with Crippen LogP contribution in [0.5, 0.6) is 0 Å². The number of nitrogens with zero attached hydrogens (tertiary/aromatic N) is 5. The van der Waals surface area contributed by atoms with E-state index < -0.39 is 5.63 Å². The average molecular weight is 436 g/mol. The maximum atomic E-state index is 12.8. The Morgan fingerprint density at radius 1 is 0.970 bits per heavy atom. The second-order valence-corrected chi connectivity index (χ2v) is 7.54. The minimum Gasteiger partial charge on any atom is -0.422 e. The highest BCUT2D eigenvalue weighted by Gasteiger charge is 2.16. The van der Waals surface area contributed by atoms with Crippen LogP contribution in [0.25, 0.3) is 27.9 Å². The molecule has 2 aromatic carbocycles. The summed E-state index contributed by atoms with van der Waals surface area (Å²) in [5, 5.41) is 9.78. The summed E-state index contributed by atoms with van der Waals surface area (Å²) in [5.41, 5.74) is 6.90. The number of benzene rings is 2. The number of fused-ring (bicyclic) bond motifs is 1. The van der Waals surface area contributed by atoms with Crippen LogP contribution in [0.4, 0.5) is 5.95 Å². The zero-order valence-corrected chi connectivity index (χ0v) is 18.1. The van der Waals surface area contributed by atoms with Crippen molar-refractivity contribution in [2.75, 3.05) is 5.43 Å². The van der Waals surface area contributed by atoms with Crippen molar-refractivity contribution in [1.82, 2.24) is 19.7 Å². The van der Waals surface area contributed by atoms with Crippen LogP contribution in [0.1, 0.15) is 17.0 Å². The summed E-state index contributed by atoms with van der Waals surface area (Å²) in [7, 11) is 0. The van der Waals surface area contributed by atoms with Crippen molar-refractivity contribution < 1.29 is 4.42 Å². The van der Waals surface area contributed by atoms with E-state index in [-0.39, 0.29) is 0 Å². The van der Waals surface area contributed by atoms with Gasteiger partial charge in [-0.25, -0.2) is 24.9 Å². The van der Waals surface area contributed by atoms with Gasteiger partial charge in [0.05, 0.1) is 17.5 Å². The van der Waals surface area contributed by atoms with E-state index in [2.05, 4.69) is 25.6 Å². The Hall–Kier alpha value is -4.59. The van der Waals surface area contributed by atoms with Gasteiger partial charge in [0.25, 0.3) is 0 Å². The van der Waals surface area contributed by atoms with E-state index in [9.17, 15) is 4.79 Å². The molecule has 0 fully saturated rings. The fourth-order valence-electron chi connectivity index (χ4n) is 3.57. The first-order valence-corrected chi connectivity index (χ1v) is 10.4. The summed E-state index contributed by atoms with van der Waals surface area (Å²) in [6.07, 6.45) is 3.41. The lowest BCUT2D eigenvalue weighted by Gasteiger charge is -2.02. The van der Waals surface area contributed by atoms with Crippen molar-refractivity contribution in [3.63, 3.8) is 0 Å². The van der Waals surface area contributed by atoms with Crippen LogP contribution in [-0.2, 0) is 0 Å². The Kier molecular flexibility index (Phi) is 5.24. The molecule has 8 nitrogen and oxygen atoms in total. The molecule has 3 heterocycles. The van der Waals surface area contributed by atoms with Crippen molar-refractivity contribution in [2.45, 2.75) is 13.8 Å². The van der Waals surface area contributed by atoms with Crippen LogP contribution in [-0.4, -0.2) is 26.0 Å². The van der Waals surface area contributed by atoms with Gasteiger partial charge in [-0.1, -0.05) is 36.4 Å². The van der Waals surface area contributed by atoms with E-state index in [1.165, 1.54) is 0 Å². The number of hydrazone groups is 1. The van der Waals surface area contributed by atoms with Gasteiger partial charge in [-0.2, -0.15) is 10.2 Å². The van der Waals surface area contributed by atoms with Crippen LogP contribution < -0.4 is 11.1 Å². The third-order valence-corrected chi connectivity index (χ3v) is 5.01. The molecule has 5 rings (SSSR count). The smallest absolute Gasteiger partial charge is 0.345 e. The first kappa shape index (κ1) is 20.3. The highest BCUT2D eigenvalue weighted by molar-refractivity contribution is 5.91. The molecule has 3 aromatic heterocycles. The van der Waals surface area contributed by atoms with Gasteiger partial charge in [-0.3, -0.25) is 0 Å². The summed E-state index contributed by atoms with van der Waals surface area (Å²) >= 11 is 0. The van der Waals surface area contributed by atoms with Gasteiger partial charge < -0.3 is 4.42 Å². The number of anilines is 1. The van der Waals surface area contributed by atoms with Crippen LogP contribution >= 0.6 is 0 Å². The molecule has 1 N–H and O–H groups in total. The first-order chi connectivity index (χ1) is 16.1. The number of rotatable bonds is 5. The lowest BCUT2D eigenvalue weighted by Crippen LogP contribution is -2.05. The number of hydrogen-bond acceptors (Lipinski definition) is 7. The second kappa shape index (κ2) is 8.51. The van der Waals surface area contributed by atoms with Gasteiger partial charge in [0.1, 0.15) is 11.3 Å². The van der Waals surface area contributed by atoms with Crippen LogP contribution in [0, 0.1) is 13.8 Å². The first-order valence-electron chi connectivity index (χ1n) is 10.4. The average Bonchev–Trinajstić information content (AvgIpc) is 3.22. The molecular weight excluding hydrogens is 416 g/mol. The van der Waals surface area contributed by atoms with E-state index in [1.54, 1.807) is 23.0 Å². The molecule has 0 atom stereocenters. The molecule has 0 aliphatic heterocycles. The van der Waals surface area contributed by atoms with Gasteiger partial charge >= 0.3 is 5.63 Å². The van der Waals surface area contributed by atoms with Gasteiger partial charge in [0.15, 0.2) is 0 Å². The van der Waals surface area contributed by atoms with Crippen molar-refractivity contribution in [3.05, 3.63) is 100 Å². The number of aromatic nitrogens is 4. The molecule has 0 unspecified atom stereocenters.